The van der Waals surface area contributed by atoms with Gasteiger partial charge in [-0.15, -0.1) is 0 Å². The lowest BCUT2D eigenvalue weighted by Crippen LogP contribution is -2.28. The minimum atomic E-state index is 0.123. The van der Waals surface area contributed by atoms with Gasteiger partial charge in [-0.3, -0.25) is 4.90 Å². The van der Waals surface area contributed by atoms with Gasteiger partial charge >= 0.3 is 0 Å². The Labute approximate surface area is 96.6 Å². The maximum Gasteiger partial charge on any atom is 0.119 e. The third-order valence-corrected chi connectivity index (χ3v) is 3.23. The van der Waals surface area contributed by atoms with Crippen LogP contribution in [0.4, 0.5) is 0 Å². The van der Waals surface area contributed by atoms with Gasteiger partial charge in [0.2, 0.25) is 0 Å². The molecule has 1 N–H and O–H groups in total. The Morgan fingerprint density at radius 1 is 1.38 bits per heavy atom. The molecule has 0 aromatic heterocycles. The van der Waals surface area contributed by atoms with Crippen molar-refractivity contribution in [2.45, 2.75) is 18.9 Å². The minimum absolute atomic E-state index is 0.123. The maximum absolute atomic E-state index is 9.52. The van der Waals surface area contributed by atoms with E-state index in [9.17, 15) is 5.11 Å². The van der Waals surface area contributed by atoms with Crippen molar-refractivity contribution in [2.75, 3.05) is 26.8 Å². The quantitative estimate of drug-likeness (QED) is 0.842. The van der Waals surface area contributed by atoms with Gasteiger partial charge in [-0.25, -0.2) is 0 Å². The van der Waals surface area contributed by atoms with E-state index in [2.05, 4.69) is 11.0 Å². The van der Waals surface area contributed by atoms with Crippen LogP contribution < -0.4 is 4.74 Å². The van der Waals surface area contributed by atoms with E-state index in [0.717, 1.165) is 24.4 Å². The van der Waals surface area contributed by atoms with Gasteiger partial charge in [-0.1, -0.05) is 12.1 Å². The van der Waals surface area contributed by atoms with E-state index < -0.39 is 0 Å². The molecule has 0 radical (unpaired) electrons. The summed E-state index contributed by atoms with van der Waals surface area (Å²) in [6.07, 6.45) is 2.47. The van der Waals surface area contributed by atoms with Crippen LogP contribution in [-0.2, 0) is 0 Å². The van der Waals surface area contributed by atoms with Crippen molar-refractivity contribution in [1.29, 1.82) is 0 Å². The van der Waals surface area contributed by atoms with E-state index >= 15 is 0 Å². The zero-order valence-electron chi connectivity index (χ0n) is 9.72. The first-order valence-corrected chi connectivity index (χ1v) is 5.84. The summed E-state index contributed by atoms with van der Waals surface area (Å²) in [5.74, 6) is 0.857. The lowest BCUT2D eigenvalue weighted by molar-refractivity contribution is 0.147. The molecule has 88 valence electrons. The second-order valence-electron chi connectivity index (χ2n) is 4.22. The monoisotopic (exact) mass is 221 g/mol. The molecule has 0 saturated carbocycles. The summed E-state index contributed by atoms with van der Waals surface area (Å²) in [7, 11) is 1.67. The standard InChI is InChI=1S/C13H19NO2/c1-16-12-6-4-5-11(9-12)13(10-15)14-7-2-3-8-14/h4-6,9,13,15H,2-3,7-8,10H2,1H3/t13-/m1/s1. The molecule has 1 aromatic rings. The summed E-state index contributed by atoms with van der Waals surface area (Å²) in [5.41, 5.74) is 1.14. The number of aliphatic hydroxyl groups is 1. The van der Waals surface area contributed by atoms with E-state index in [1.54, 1.807) is 7.11 Å². The number of benzene rings is 1. The highest BCUT2D eigenvalue weighted by molar-refractivity contribution is 5.30. The lowest BCUT2D eigenvalue weighted by Gasteiger charge is -2.26. The molecule has 16 heavy (non-hydrogen) atoms. The Hall–Kier alpha value is -1.06. The van der Waals surface area contributed by atoms with Crippen molar-refractivity contribution in [3.63, 3.8) is 0 Å². The fourth-order valence-corrected chi connectivity index (χ4v) is 2.33. The van der Waals surface area contributed by atoms with Gasteiger partial charge in [0.1, 0.15) is 5.75 Å². The van der Waals surface area contributed by atoms with Gasteiger partial charge in [0.05, 0.1) is 19.8 Å². The third-order valence-electron chi connectivity index (χ3n) is 3.23. The van der Waals surface area contributed by atoms with Crippen molar-refractivity contribution in [3.05, 3.63) is 29.8 Å². The van der Waals surface area contributed by atoms with E-state index in [1.807, 2.05) is 18.2 Å². The Kier molecular flexibility index (Phi) is 3.80. The average Bonchev–Trinajstić information content (AvgIpc) is 2.84. The summed E-state index contributed by atoms with van der Waals surface area (Å²) in [4.78, 5) is 2.34. The molecule has 1 heterocycles. The highest BCUT2D eigenvalue weighted by Gasteiger charge is 2.22. The van der Waals surface area contributed by atoms with E-state index in [4.69, 9.17) is 4.74 Å². The SMILES string of the molecule is COc1cccc([C@@H](CO)N2CCCC2)c1. The number of methoxy groups -OCH3 is 1. The molecule has 0 aliphatic carbocycles. The number of aliphatic hydroxyl groups excluding tert-OH is 1. The molecular weight excluding hydrogens is 202 g/mol. The molecule has 0 spiro atoms. The van der Waals surface area contributed by atoms with Gasteiger partial charge in [0.15, 0.2) is 0 Å². The Morgan fingerprint density at radius 3 is 2.75 bits per heavy atom. The van der Waals surface area contributed by atoms with Crippen LogP contribution in [0.15, 0.2) is 24.3 Å². The summed E-state index contributed by atoms with van der Waals surface area (Å²) in [6.45, 7) is 2.35. The van der Waals surface area contributed by atoms with Crippen molar-refractivity contribution < 1.29 is 9.84 Å². The summed E-state index contributed by atoms with van der Waals surface area (Å²) >= 11 is 0. The largest absolute Gasteiger partial charge is 0.497 e. The van der Waals surface area contributed by atoms with Crippen LogP contribution in [0.25, 0.3) is 0 Å². The molecule has 1 atom stereocenters. The molecule has 1 aliphatic heterocycles. The van der Waals surface area contributed by atoms with Crippen LogP contribution in [-0.4, -0.2) is 36.8 Å². The second-order valence-corrected chi connectivity index (χ2v) is 4.22. The fraction of sp³-hybridized carbons (Fsp3) is 0.538. The average molecular weight is 221 g/mol. The molecule has 3 nitrogen and oxygen atoms in total. The first kappa shape index (κ1) is 11.4. The van der Waals surface area contributed by atoms with Crippen LogP contribution in [0.3, 0.4) is 0 Å². The van der Waals surface area contributed by atoms with Crippen molar-refractivity contribution in [1.82, 2.24) is 4.90 Å². The van der Waals surface area contributed by atoms with Crippen LogP contribution >= 0.6 is 0 Å². The molecule has 0 bridgehead atoms. The van der Waals surface area contributed by atoms with Gasteiger partial charge in [0.25, 0.3) is 0 Å². The number of hydrogen-bond acceptors (Lipinski definition) is 3. The Balaban J connectivity index is 2.18. The maximum atomic E-state index is 9.52. The first-order chi connectivity index (χ1) is 7.85. The molecule has 2 rings (SSSR count). The highest BCUT2D eigenvalue weighted by Crippen LogP contribution is 2.26. The zero-order chi connectivity index (χ0) is 11.4. The van der Waals surface area contributed by atoms with Gasteiger partial charge in [-0.2, -0.15) is 0 Å². The zero-order valence-corrected chi connectivity index (χ0v) is 9.72. The highest BCUT2D eigenvalue weighted by atomic mass is 16.5. The molecular formula is C13H19NO2. The number of likely N-dealkylation sites (tertiary alicyclic amines) is 1. The van der Waals surface area contributed by atoms with Crippen molar-refractivity contribution in [3.8, 4) is 5.75 Å². The van der Waals surface area contributed by atoms with E-state index in [-0.39, 0.29) is 12.6 Å². The minimum Gasteiger partial charge on any atom is -0.497 e. The molecule has 1 aliphatic rings. The predicted molar refractivity (Wildman–Crippen MR) is 63.6 cm³/mol. The Bertz CT molecular complexity index is 334. The lowest BCUT2D eigenvalue weighted by atomic mass is 10.1. The van der Waals surface area contributed by atoms with Gasteiger partial charge in [0, 0.05) is 0 Å². The molecule has 1 saturated heterocycles. The van der Waals surface area contributed by atoms with Gasteiger partial charge < -0.3 is 9.84 Å². The molecule has 1 fully saturated rings. The smallest absolute Gasteiger partial charge is 0.119 e. The second kappa shape index (κ2) is 5.32. The molecule has 0 amide bonds. The predicted octanol–water partition coefficient (Wildman–Crippen LogP) is 1.82. The first-order valence-electron chi connectivity index (χ1n) is 5.84. The molecule has 0 unspecified atom stereocenters. The van der Waals surface area contributed by atoms with Crippen LogP contribution in [0.2, 0.25) is 0 Å². The number of rotatable bonds is 4. The van der Waals surface area contributed by atoms with Gasteiger partial charge in [-0.05, 0) is 43.6 Å². The summed E-state index contributed by atoms with van der Waals surface area (Å²) in [6, 6.07) is 8.10. The Morgan fingerprint density at radius 2 is 2.12 bits per heavy atom. The third kappa shape index (κ3) is 2.36. The summed E-state index contributed by atoms with van der Waals surface area (Å²) in [5, 5.41) is 9.52. The summed E-state index contributed by atoms with van der Waals surface area (Å²) < 4.78 is 5.21. The normalized spacial score (nSPS) is 18.6. The topological polar surface area (TPSA) is 32.7 Å². The van der Waals surface area contributed by atoms with E-state index in [1.165, 1.54) is 12.8 Å². The number of hydrogen-bond donors (Lipinski definition) is 1. The van der Waals surface area contributed by atoms with Crippen molar-refractivity contribution >= 4 is 0 Å². The van der Waals surface area contributed by atoms with Crippen LogP contribution in [0.1, 0.15) is 24.4 Å². The van der Waals surface area contributed by atoms with Crippen LogP contribution in [0.5, 0.6) is 5.75 Å². The molecule has 3 heteroatoms. The van der Waals surface area contributed by atoms with Crippen LogP contribution in [0, 0.1) is 0 Å². The number of ether oxygens (including phenoxy) is 1. The van der Waals surface area contributed by atoms with E-state index in [0.29, 0.717) is 0 Å². The molecule has 1 aromatic carbocycles. The van der Waals surface area contributed by atoms with Crippen molar-refractivity contribution in [2.24, 2.45) is 0 Å². The number of nitrogens with zero attached hydrogens (tertiary/aromatic N) is 1. The fourth-order valence-electron chi connectivity index (χ4n) is 2.33.